The van der Waals surface area contributed by atoms with Crippen LogP contribution in [-0.2, 0) is 15.7 Å². The van der Waals surface area contributed by atoms with Crippen molar-refractivity contribution >= 4 is 12.6 Å². The minimum atomic E-state index is -0.292. The van der Waals surface area contributed by atoms with Gasteiger partial charge in [0.2, 0.25) is 0 Å². The Kier molecular flexibility index (Phi) is 3.28. The number of hydrogen-bond acceptors (Lipinski definition) is 3. The molecule has 0 N–H and O–H groups in total. The van der Waals surface area contributed by atoms with Gasteiger partial charge in [0.1, 0.15) is 0 Å². The van der Waals surface area contributed by atoms with Gasteiger partial charge in [0.25, 0.3) is 0 Å². The molecule has 18 heavy (non-hydrogen) atoms. The zero-order valence-electron chi connectivity index (χ0n) is 12.2. The third kappa shape index (κ3) is 2.19. The van der Waals surface area contributed by atoms with Gasteiger partial charge in [-0.25, -0.2) is 0 Å². The highest BCUT2D eigenvalue weighted by Gasteiger charge is 2.52. The Morgan fingerprint density at radius 3 is 2.22 bits per heavy atom. The van der Waals surface area contributed by atoms with Gasteiger partial charge < -0.3 is 9.31 Å². The van der Waals surface area contributed by atoms with Crippen molar-refractivity contribution in [3.8, 4) is 0 Å². The molecule has 1 aliphatic rings. The Balaban J connectivity index is 2.34. The molecule has 1 aromatic heterocycles. The largest absolute Gasteiger partial charge is 0.495 e. The summed E-state index contributed by atoms with van der Waals surface area (Å²) in [7, 11) is -0.289. The number of nitrogens with zero attached hydrogens (tertiary/aromatic N) is 1. The van der Waals surface area contributed by atoms with E-state index in [-0.39, 0.29) is 18.3 Å². The summed E-state index contributed by atoms with van der Waals surface area (Å²) in [4.78, 5) is 4.39. The highest BCUT2D eigenvalue weighted by Crippen LogP contribution is 2.36. The predicted molar refractivity (Wildman–Crippen MR) is 74.1 cm³/mol. The summed E-state index contributed by atoms with van der Waals surface area (Å²) in [5.74, 6) is 0. The normalized spacial score (nSPS) is 21.3. The molecule has 0 atom stereocenters. The van der Waals surface area contributed by atoms with Crippen LogP contribution in [0.3, 0.4) is 0 Å². The SMILES string of the molecule is CCc1cc(B2OC(C)(C)C(C)(C)O2)c(C)cn1. The van der Waals surface area contributed by atoms with Crippen LogP contribution in [-0.4, -0.2) is 23.3 Å². The maximum absolute atomic E-state index is 6.08. The van der Waals surface area contributed by atoms with Crippen LogP contribution in [0, 0.1) is 6.92 Å². The van der Waals surface area contributed by atoms with E-state index in [0.29, 0.717) is 0 Å². The van der Waals surface area contributed by atoms with Crippen LogP contribution in [0.25, 0.3) is 0 Å². The maximum Gasteiger partial charge on any atom is 0.495 e. The highest BCUT2D eigenvalue weighted by molar-refractivity contribution is 6.62. The summed E-state index contributed by atoms with van der Waals surface area (Å²) >= 11 is 0. The van der Waals surface area contributed by atoms with E-state index >= 15 is 0 Å². The second-order valence-electron chi connectivity index (χ2n) is 5.97. The first-order chi connectivity index (χ1) is 8.27. The fraction of sp³-hybridized carbons (Fsp3) is 0.643. The number of aryl methyl sites for hydroxylation is 2. The van der Waals surface area contributed by atoms with Crippen LogP contribution in [0.1, 0.15) is 45.9 Å². The second-order valence-corrected chi connectivity index (χ2v) is 5.97. The lowest BCUT2D eigenvalue weighted by atomic mass is 9.76. The Morgan fingerprint density at radius 1 is 1.17 bits per heavy atom. The van der Waals surface area contributed by atoms with Gasteiger partial charge in [-0.15, -0.1) is 0 Å². The lowest BCUT2D eigenvalue weighted by molar-refractivity contribution is 0.00578. The van der Waals surface area contributed by atoms with Gasteiger partial charge in [0.05, 0.1) is 11.2 Å². The maximum atomic E-state index is 6.08. The molecule has 1 aliphatic heterocycles. The van der Waals surface area contributed by atoms with Crippen LogP contribution in [0.4, 0.5) is 0 Å². The first-order valence-electron chi connectivity index (χ1n) is 6.58. The van der Waals surface area contributed by atoms with E-state index < -0.39 is 0 Å². The highest BCUT2D eigenvalue weighted by atomic mass is 16.7. The minimum Gasteiger partial charge on any atom is -0.399 e. The first-order valence-corrected chi connectivity index (χ1v) is 6.58. The molecule has 0 unspecified atom stereocenters. The summed E-state index contributed by atoms with van der Waals surface area (Å²) < 4.78 is 12.2. The van der Waals surface area contributed by atoms with Gasteiger partial charge in [0, 0.05) is 11.9 Å². The van der Waals surface area contributed by atoms with E-state index in [1.54, 1.807) is 0 Å². The molecule has 0 aromatic carbocycles. The number of hydrogen-bond donors (Lipinski definition) is 0. The van der Waals surface area contributed by atoms with Crippen molar-refractivity contribution in [2.45, 2.75) is 59.2 Å². The van der Waals surface area contributed by atoms with Gasteiger partial charge in [-0.1, -0.05) is 6.92 Å². The molecule has 0 aliphatic carbocycles. The van der Waals surface area contributed by atoms with Gasteiger partial charge in [-0.3, -0.25) is 4.98 Å². The molecule has 1 aromatic rings. The van der Waals surface area contributed by atoms with Crippen molar-refractivity contribution in [3.05, 3.63) is 23.5 Å². The molecular weight excluding hydrogens is 225 g/mol. The molecule has 0 saturated carbocycles. The van der Waals surface area contributed by atoms with Crippen LogP contribution < -0.4 is 5.46 Å². The number of aromatic nitrogens is 1. The van der Waals surface area contributed by atoms with Crippen molar-refractivity contribution in [2.75, 3.05) is 0 Å². The zero-order chi connectivity index (χ0) is 13.6. The van der Waals surface area contributed by atoms with Crippen LogP contribution in [0.5, 0.6) is 0 Å². The van der Waals surface area contributed by atoms with Crippen LogP contribution in [0.15, 0.2) is 12.3 Å². The van der Waals surface area contributed by atoms with Gasteiger partial charge in [-0.2, -0.15) is 0 Å². The standard InChI is InChI=1S/C14H22BNO2/c1-7-11-8-12(10(2)9-16-11)15-17-13(3,4)14(5,6)18-15/h8-9H,7H2,1-6H3. The summed E-state index contributed by atoms with van der Waals surface area (Å²) in [6.45, 7) is 12.4. The second kappa shape index (κ2) is 4.35. The number of pyridine rings is 1. The molecule has 0 amide bonds. The smallest absolute Gasteiger partial charge is 0.399 e. The minimum absolute atomic E-state index is 0.289. The Hall–Kier alpha value is -0.865. The molecule has 4 heteroatoms. The first kappa shape index (κ1) is 13.6. The van der Waals surface area contributed by atoms with Gasteiger partial charge in [-0.05, 0) is 58.1 Å². The zero-order valence-corrected chi connectivity index (χ0v) is 12.2. The van der Waals surface area contributed by atoms with Gasteiger partial charge in [0.15, 0.2) is 0 Å². The molecule has 0 spiro atoms. The van der Waals surface area contributed by atoms with E-state index in [0.717, 1.165) is 23.1 Å². The molecular formula is C14H22BNO2. The average molecular weight is 247 g/mol. The van der Waals surface area contributed by atoms with E-state index in [2.05, 4.69) is 45.7 Å². The van der Waals surface area contributed by atoms with Crippen LogP contribution in [0.2, 0.25) is 0 Å². The quantitative estimate of drug-likeness (QED) is 0.751. The van der Waals surface area contributed by atoms with Gasteiger partial charge >= 0.3 is 7.12 Å². The third-order valence-electron chi connectivity index (χ3n) is 4.07. The Bertz CT molecular complexity index is 441. The topological polar surface area (TPSA) is 31.4 Å². The van der Waals surface area contributed by atoms with E-state index in [9.17, 15) is 0 Å². The summed E-state index contributed by atoms with van der Waals surface area (Å²) in [5.41, 5.74) is 2.70. The summed E-state index contributed by atoms with van der Waals surface area (Å²) in [6.07, 6.45) is 2.83. The van der Waals surface area contributed by atoms with E-state index in [1.807, 2.05) is 13.1 Å². The lowest BCUT2D eigenvalue weighted by Crippen LogP contribution is -2.41. The Morgan fingerprint density at radius 2 is 1.72 bits per heavy atom. The molecule has 2 rings (SSSR count). The van der Waals surface area contributed by atoms with Crippen molar-refractivity contribution in [1.29, 1.82) is 0 Å². The Labute approximate surface area is 110 Å². The molecule has 2 heterocycles. The van der Waals surface area contributed by atoms with Crippen molar-refractivity contribution in [1.82, 2.24) is 4.98 Å². The van der Waals surface area contributed by atoms with Crippen molar-refractivity contribution in [2.24, 2.45) is 0 Å². The molecule has 0 radical (unpaired) electrons. The fourth-order valence-electron chi connectivity index (χ4n) is 2.00. The summed E-state index contributed by atoms with van der Waals surface area (Å²) in [6, 6.07) is 2.09. The molecule has 1 saturated heterocycles. The van der Waals surface area contributed by atoms with Crippen molar-refractivity contribution < 1.29 is 9.31 Å². The average Bonchev–Trinajstić information content (AvgIpc) is 2.48. The van der Waals surface area contributed by atoms with Crippen molar-refractivity contribution in [3.63, 3.8) is 0 Å². The monoisotopic (exact) mass is 247 g/mol. The molecule has 1 fully saturated rings. The predicted octanol–water partition coefficient (Wildman–Crippen LogP) is 2.25. The lowest BCUT2D eigenvalue weighted by Gasteiger charge is -2.32. The molecule has 3 nitrogen and oxygen atoms in total. The van der Waals surface area contributed by atoms with Crippen LogP contribution >= 0.6 is 0 Å². The fourth-order valence-corrected chi connectivity index (χ4v) is 2.00. The number of rotatable bonds is 2. The molecule has 98 valence electrons. The van der Waals surface area contributed by atoms with E-state index in [1.165, 1.54) is 0 Å². The molecule has 0 bridgehead atoms. The third-order valence-corrected chi connectivity index (χ3v) is 4.07. The summed E-state index contributed by atoms with van der Waals surface area (Å²) in [5, 5.41) is 0. The van der Waals surface area contributed by atoms with E-state index in [4.69, 9.17) is 9.31 Å².